The van der Waals surface area contributed by atoms with Crippen molar-refractivity contribution >= 4 is 39.2 Å². The molecule has 0 bridgehead atoms. The zero-order valence-electron chi connectivity index (χ0n) is 16.6. The van der Waals surface area contributed by atoms with Crippen LogP contribution < -0.4 is 10.9 Å². The highest BCUT2D eigenvalue weighted by Crippen LogP contribution is 2.16. The number of H-pyrrole nitrogens is 1. The Bertz CT molecular complexity index is 1100. The maximum Gasteiger partial charge on any atom is 0.412 e. The fourth-order valence-corrected chi connectivity index (χ4v) is 3.36. The van der Waals surface area contributed by atoms with Crippen LogP contribution in [0.2, 0.25) is 0 Å². The lowest BCUT2D eigenvalue weighted by Crippen LogP contribution is -2.28. The average molecular weight is 414 g/mol. The first-order valence-corrected chi connectivity index (χ1v) is 9.82. The highest BCUT2D eigenvalue weighted by Gasteiger charge is 2.17. The maximum atomic E-state index is 12.7. The second-order valence-corrected chi connectivity index (χ2v) is 8.43. The van der Waals surface area contributed by atoms with Crippen LogP contribution in [-0.2, 0) is 11.3 Å². The van der Waals surface area contributed by atoms with E-state index < -0.39 is 11.7 Å². The first-order valence-electron chi connectivity index (χ1n) is 8.94. The predicted octanol–water partition coefficient (Wildman–Crippen LogP) is 3.60. The number of thiophene rings is 1. The van der Waals surface area contributed by atoms with Crippen molar-refractivity contribution in [2.24, 2.45) is 0 Å². The molecule has 0 saturated carbocycles. The molecule has 3 rings (SSSR count). The van der Waals surface area contributed by atoms with Crippen LogP contribution in [0.3, 0.4) is 0 Å². The third kappa shape index (κ3) is 5.20. The second-order valence-electron chi connectivity index (χ2n) is 7.51. The fourth-order valence-electron chi connectivity index (χ4n) is 2.63. The molecule has 2 heterocycles. The fraction of sp³-hybridized carbons (Fsp3) is 0.300. The molecule has 0 aliphatic rings. The standard InChI is InChI=1S/C20H22N4O4S/c1-20(2,3)28-19(27)21-13-7-5-12(6-8-13)18(26)24(4)11-15-22-14-9-10-29-16(14)17(25)23-15/h5-10H,11H2,1-4H3,(H,21,27)(H,22,23,25). The molecule has 2 N–H and O–H groups in total. The van der Waals surface area contributed by atoms with Gasteiger partial charge in [-0.05, 0) is 56.5 Å². The van der Waals surface area contributed by atoms with Crippen LogP contribution >= 0.6 is 11.3 Å². The molecule has 0 saturated heterocycles. The van der Waals surface area contributed by atoms with E-state index in [0.29, 0.717) is 27.3 Å². The second kappa shape index (κ2) is 8.04. The van der Waals surface area contributed by atoms with Gasteiger partial charge in [-0.1, -0.05) is 0 Å². The lowest BCUT2D eigenvalue weighted by atomic mass is 10.2. The number of amides is 2. The van der Waals surface area contributed by atoms with Crippen LogP contribution in [0.15, 0.2) is 40.5 Å². The Morgan fingerprint density at radius 2 is 1.90 bits per heavy atom. The molecule has 3 aromatic rings. The molecule has 0 radical (unpaired) electrons. The summed E-state index contributed by atoms with van der Waals surface area (Å²) >= 11 is 1.33. The van der Waals surface area contributed by atoms with Gasteiger partial charge in [0.15, 0.2) is 0 Å². The van der Waals surface area contributed by atoms with Gasteiger partial charge in [0.1, 0.15) is 16.1 Å². The molecule has 0 aliphatic heterocycles. The van der Waals surface area contributed by atoms with Crippen molar-refractivity contribution in [2.45, 2.75) is 32.9 Å². The lowest BCUT2D eigenvalue weighted by molar-refractivity contribution is 0.0635. The van der Waals surface area contributed by atoms with E-state index in [1.54, 1.807) is 63.5 Å². The summed E-state index contributed by atoms with van der Waals surface area (Å²) in [6, 6.07) is 8.26. The van der Waals surface area contributed by atoms with Gasteiger partial charge in [0, 0.05) is 18.3 Å². The molecule has 0 atom stereocenters. The topological polar surface area (TPSA) is 104 Å². The number of fused-ring (bicyclic) bond motifs is 1. The molecule has 29 heavy (non-hydrogen) atoms. The summed E-state index contributed by atoms with van der Waals surface area (Å²) in [4.78, 5) is 45.1. The van der Waals surface area contributed by atoms with E-state index in [2.05, 4.69) is 15.3 Å². The van der Waals surface area contributed by atoms with Gasteiger partial charge in [-0.15, -0.1) is 11.3 Å². The molecular formula is C20H22N4O4S. The van der Waals surface area contributed by atoms with Gasteiger partial charge in [0.25, 0.3) is 11.5 Å². The van der Waals surface area contributed by atoms with Crippen molar-refractivity contribution in [1.82, 2.24) is 14.9 Å². The van der Waals surface area contributed by atoms with Gasteiger partial charge in [0.05, 0.1) is 12.1 Å². The van der Waals surface area contributed by atoms with E-state index >= 15 is 0 Å². The third-order valence-electron chi connectivity index (χ3n) is 3.87. The molecule has 0 aliphatic carbocycles. The number of benzene rings is 1. The van der Waals surface area contributed by atoms with Gasteiger partial charge in [-0.2, -0.15) is 0 Å². The molecular weight excluding hydrogens is 392 g/mol. The van der Waals surface area contributed by atoms with Crippen molar-refractivity contribution in [1.29, 1.82) is 0 Å². The van der Waals surface area contributed by atoms with Gasteiger partial charge >= 0.3 is 6.09 Å². The summed E-state index contributed by atoms with van der Waals surface area (Å²) in [5, 5.41) is 4.42. The normalized spacial score (nSPS) is 11.3. The first kappa shape index (κ1) is 20.5. The molecule has 2 amide bonds. The number of rotatable bonds is 4. The smallest absolute Gasteiger partial charge is 0.412 e. The van der Waals surface area contributed by atoms with Crippen LogP contribution in [0.4, 0.5) is 10.5 Å². The van der Waals surface area contributed by atoms with Gasteiger partial charge in [0.2, 0.25) is 0 Å². The highest BCUT2D eigenvalue weighted by atomic mass is 32.1. The van der Waals surface area contributed by atoms with Crippen LogP contribution in [0.5, 0.6) is 0 Å². The van der Waals surface area contributed by atoms with E-state index in [4.69, 9.17) is 4.74 Å². The monoisotopic (exact) mass is 414 g/mol. The lowest BCUT2D eigenvalue weighted by Gasteiger charge is -2.20. The number of nitrogens with one attached hydrogen (secondary N) is 2. The third-order valence-corrected chi connectivity index (χ3v) is 4.78. The Hall–Kier alpha value is -3.20. The minimum absolute atomic E-state index is 0.164. The van der Waals surface area contributed by atoms with Gasteiger partial charge in [-0.25, -0.2) is 9.78 Å². The van der Waals surface area contributed by atoms with Gasteiger partial charge < -0.3 is 14.6 Å². The van der Waals surface area contributed by atoms with E-state index in [1.165, 1.54) is 16.2 Å². The Balaban J connectivity index is 1.66. The van der Waals surface area contributed by atoms with E-state index in [1.807, 2.05) is 0 Å². The van der Waals surface area contributed by atoms with Crippen molar-refractivity contribution in [2.75, 3.05) is 12.4 Å². The van der Waals surface area contributed by atoms with Crippen molar-refractivity contribution < 1.29 is 14.3 Å². The maximum absolute atomic E-state index is 12.7. The molecule has 0 unspecified atom stereocenters. The Morgan fingerprint density at radius 3 is 2.55 bits per heavy atom. The van der Waals surface area contributed by atoms with Crippen molar-refractivity contribution in [3.8, 4) is 0 Å². The number of nitrogens with zero attached hydrogens (tertiary/aromatic N) is 2. The number of carbonyl (C=O) groups is 2. The van der Waals surface area contributed by atoms with E-state index in [9.17, 15) is 14.4 Å². The first-order chi connectivity index (χ1) is 13.6. The summed E-state index contributed by atoms with van der Waals surface area (Å²) in [7, 11) is 1.63. The summed E-state index contributed by atoms with van der Waals surface area (Å²) in [5.74, 6) is 0.182. The summed E-state index contributed by atoms with van der Waals surface area (Å²) in [6.07, 6.45) is -0.562. The number of ether oxygens (including phenoxy) is 1. The van der Waals surface area contributed by atoms with E-state index in [0.717, 1.165) is 0 Å². The summed E-state index contributed by atoms with van der Waals surface area (Å²) in [5.41, 5.74) is 0.781. The van der Waals surface area contributed by atoms with E-state index in [-0.39, 0.29) is 18.0 Å². The number of aromatic amines is 1. The summed E-state index contributed by atoms with van der Waals surface area (Å²) in [6.45, 7) is 5.50. The zero-order valence-corrected chi connectivity index (χ0v) is 17.4. The Morgan fingerprint density at radius 1 is 1.21 bits per heavy atom. The van der Waals surface area contributed by atoms with Crippen LogP contribution in [0, 0.1) is 0 Å². The molecule has 0 spiro atoms. The van der Waals surface area contributed by atoms with Crippen LogP contribution in [0.25, 0.3) is 10.2 Å². The largest absolute Gasteiger partial charge is 0.444 e. The number of hydrogen-bond acceptors (Lipinski definition) is 6. The summed E-state index contributed by atoms with van der Waals surface area (Å²) < 4.78 is 5.76. The number of hydrogen-bond donors (Lipinski definition) is 2. The minimum atomic E-state index is -0.594. The van der Waals surface area contributed by atoms with Crippen LogP contribution in [-0.4, -0.2) is 39.5 Å². The number of carbonyl (C=O) groups excluding carboxylic acids is 2. The highest BCUT2D eigenvalue weighted by molar-refractivity contribution is 7.17. The average Bonchev–Trinajstić information content (AvgIpc) is 3.09. The molecule has 9 heteroatoms. The molecule has 0 fully saturated rings. The molecule has 2 aromatic heterocycles. The van der Waals surface area contributed by atoms with Gasteiger partial charge in [-0.3, -0.25) is 14.9 Å². The van der Waals surface area contributed by atoms with Crippen molar-refractivity contribution in [3.63, 3.8) is 0 Å². The van der Waals surface area contributed by atoms with Crippen LogP contribution in [0.1, 0.15) is 37.0 Å². The SMILES string of the molecule is CN(Cc1nc2ccsc2c(=O)[nH]1)C(=O)c1ccc(NC(=O)OC(C)(C)C)cc1. The molecule has 152 valence electrons. The predicted molar refractivity (Wildman–Crippen MR) is 112 cm³/mol. The molecule has 1 aromatic carbocycles. The minimum Gasteiger partial charge on any atom is -0.444 e. The Labute approximate surface area is 171 Å². The van der Waals surface area contributed by atoms with Crippen molar-refractivity contribution in [3.05, 3.63) is 57.5 Å². The molecule has 8 nitrogen and oxygen atoms in total. The number of anilines is 1. The Kier molecular flexibility index (Phi) is 5.69. The quantitative estimate of drug-likeness (QED) is 0.679. The zero-order chi connectivity index (χ0) is 21.2. The number of aromatic nitrogens is 2.